The predicted octanol–water partition coefficient (Wildman–Crippen LogP) is 2.64. The number of epoxide rings is 2. The molecule has 176 valence electrons. The van der Waals surface area contributed by atoms with Crippen LogP contribution in [0.15, 0.2) is 23.8 Å². The van der Waals surface area contributed by atoms with Gasteiger partial charge in [-0.15, -0.1) is 0 Å². The standard InChI is InChI=1S/C24H32O8/c1-11(2)20(25)28-15-9-18-23(6,32-18)10-17(30-22(27)24(7)14(5)31-24)19-13(4)21(26)29-16(19)8-12(15)3/h8,11,14-19H,4,9-10H2,1-3,5-7H3/b12-8-/t14-,15-,16+,17+,18+,19-,23+,24-/m0/s1. The lowest BCUT2D eigenvalue weighted by Crippen LogP contribution is -2.40. The molecule has 1 aliphatic carbocycles. The first-order valence-corrected chi connectivity index (χ1v) is 11.2. The molecule has 0 aromatic heterocycles. The summed E-state index contributed by atoms with van der Waals surface area (Å²) in [5, 5.41) is 0. The second-order valence-corrected chi connectivity index (χ2v) is 10.1. The first kappa shape index (κ1) is 23.0. The average molecular weight is 449 g/mol. The lowest BCUT2D eigenvalue weighted by Gasteiger charge is -2.30. The summed E-state index contributed by atoms with van der Waals surface area (Å²) in [6.07, 6.45) is 0.364. The Morgan fingerprint density at radius 3 is 2.47 bits per heavy atom. The summed E-state index contributed by atoms with van der Waals surface area (Å²) in [4.78, 5) is 37.5. The summed E-state index contributed by atoms with van der Waals surface area (Å²) in [6.45, 7) is 14.8. The van der Waals surface area contributed by atoms with Crippen molar-refractivity contribution in [2.75, 3.05) is 0 Å². The summed E-state index contributed by atoms with van der Waals surface area (Å²) in [5.74, 6) is -2.13. The molecule has 0 saturated carbocycles. The number of hydrogen-bond donors (Lipinski definition) is 0. The monoisotopic (exact) mass is 448 g/mol. The highest BCUT2D eigenvalue weighted by Crippen LogP contribution is 2.49. The Bertz CT molecular complexity index is 890. The zero-order chi connectivity index (χ0) is 23.6. The molecule has 0 bridgehead atoms. The van der Waals surface area contributed by atoms with E-state index in [1.54, 1.807) is 26.8 Å². The summed E-state index contributed by atoms with van der Waals surface area (Å²) in [7, 11) is 0. The van der Waals surface area contributed by atoms with Gasteiger partial charge in [0.2, 0.25) is 0 Å². The van der Waals surface area contributed by atoms with Crippen LogP contribution in [0.3, 0.4) is 0 Å². The van der Waals surface area contributed by atoms with Gasteiger partial charge in [0.15, 0.2) is 5.60 Å². The van der Waals surface area contributed by atoms with Gasteiger partial charge in [-0.1, -0.05) is 20.4 Å². The third kappa shape index (κ3) is 3.99. The van der Waals surface area contributed by atoms with Crippen LogP contribution in [0.1, 0.15) is 54.4 Å². The maximum Gasteiger partial charge on any atom is 0.341 e. The number of ether oxygens (including phenoxy) is 5. The molecular weight excluding hydrogens is 416 g/mol. The van der Waals surface area contributed by atoms with E-state index in [-0.39, 0.29) is 29.7 Å². The van der Waals surface area contributed by atoms with Crippen molar-refractivity contribution in [3.8, 4) is 0 Å². The average Bonchev–Trinajstić information content (AvgIpc) is 3.50. The van der Waals surface area contributed by atoms with E-state index >= 15 is 0 Å². The molecule has 4 aliphatic rings. The minimum atomic E-state index is -0.984. The molecule has 0 N–H and O–H groups in total. The van der Waals surface area contributed by atoms with Crippen LogP contribution in [0, 0.1) is 11.8 Å². The summed E-state index contributed by atoms with van der Waals surface area (Å²) < 4.78 is 28.7. The van der Waals surface area contributed by atoms with Crippen molar-refractivity contribution in [2.45, 2.75) is 96.1 Å². The van der Waals surface area contributed by atoms with Crippen molar-refractivity contribution >= 4 is 17.9 Å². The zero-order valence-corrected chi connectivity index (χ0v) is 19.5. The van der Waals surface area contributed by atoms with Gasteiger partial charge in [0.1, 0.15) is 18.3 Å². The van der Waals surface area contributed by atoms with E-state index in [4.69, 9.17) is 23.7 Å². The number of rotatable bonds is 4. The van der Waals surface area contributed by atoms with Gasteiger partial charge in [-0.2, -0.15) is 0 Å². The van der Waals surface area contributed by atoms with E-state index in [0.29, 0.717) is 12.8 Å². The van der Waals surface area contributed by atoms with Crippen LogP contribution in [-0.2, 0) is 38.1 Å². The molecule has 3 heterocycles. The molecule has 0 amide bonds. The van der Waals surface area contributed by atoms with Gasteiger partial charge in [-0.05, 0) is 39.3 Å². The van der Waals surface area contributed by atoms with Crippen molar-refractivity contribution in [1.29, 1.82) is 0 Å². The molecule has 4 rings (SSSR count). The van der Waals surface area contributed by atoms with E-state index in [1.165, 1.54) is 0 Å². The SMILES string of the molecule is C=C1C(=O)O[C@@H]2/C=C(/C)[C@@H](OC(=O)C(C)C)C[C@H]3O[C@]3(C)C[C@@H](OC(=O)[C@@]3(C)O[C@H]3C)[C@@H]12. The number of fused-ring (bicyclic) bond motifs is 2. The minimum Gasteiger partial charge on any atom is -0.459 e. The van der Waals surface area contributed by atoms with E-state index < -0.39 is 47.4 Å². The topological polar surface area (TPSA) is 104 Å². The molecule has 0 aromatic carbocycles. The Morgan fingerprint density at radius 2 is 1.88 bits per heavy atom. The largest absolute Gasteiger partial charge is 0.459 e. The number of carbonyl (C=O) groups is 3. The summed E-state index contributed by atoms with van der Waals surface area (Å²) >= 11 is 0. The highest BCUT2D eigenvalue weighted by molar-refractivity contribution is 5.91. The van der Waals surface area contributed by atoms with E-state index in [0.717, 1.165) is 5.57 Å². The van der Waals surface area contributed by atoms with Gasteiger partial charge in [0.25, 0.3) is 0 Å². The van der Waals surface area contributed by atoms with Crippen molar-refractivity contribution < 1.29 is 38.1 Å². The fraction of sp³-hybridized carbons (Fsp3) is 0.708. The minimum absolute atomic E-state index is 0.175. The third-order valence-corrected chi connectivity index (χ3v) is 7.20. The molecule has 3 fully saturated rings. The van der Waals surface area contributed by atoms with Crippen LogP contribution >= 0.6 is 0 Å². The fourth-order valence-corrected chi connectivity index (χ4v) is 4.56. The molecule has 3 aliphatic heterocycles. The van der Waals surface area contributed by atoms with Crippen LogP contribution in [-0.4, -0.2) is 59.6 Å². The van der Waals surface area contributed by atoms with Crippen molar-refractivity contribution in [3.05, 3.63) is 23.8 Å². The zero-order valence-electron chi connectivity index (χ0n) is 19.5. The summed E-state index contributed by atoms with van der Waals surface area (Å²) in [6, 6.07) is 0. The van der Waals surface area contributed by atoms with Crippen molar-refractivity contribution in [1.82, 2.24) is 0 Å². The van der Waals surface area contributed by atoms with Gasteiger partial charge in [-0.3, -0.25) is 4.79 Å². The van der Waals surface area contributed by atoms with Crippen LogP contribution < -0.4 is 0 Å². The Labute approximate surface area is 188 Å². The maximum atomic E-state index is 12.8. The Balaban J connectivity index is 1.65. The Hall–Kier alpha value is -2.19. The Kier molecular flexibility index (Phi) is 5.53. The highest BCUT2D eigenvalue weighted by atomic mass is 16.7. The molecule has 8 atom stereocenters. The number of carbonyl (C=O) groups excluding carboxylic acids is 3. The highest BCUT2D eigenvalue weighted by Gasteiger charge is 2.61. The second kappa shape index (κ2) is 7.70. The van der Waals surface area contributed by atoms with Crippen LogP contribution in [0.4, 0.5) is 0 Å². The molecule has 3 saturated heterocycles. The van der Waals surface area contributed by atoms with Crippen molar-refractivity contribution in [2.24, 2.45) is 11.8 Å². The predicted molar refractivity (Wildman–Crippen MR) is 112 cm³/mol. The molecule has 8 nitrogen and oxygen atoms in total. The van der Waals surface area contributed by atoms with Crippen molar-refractivity contribution in [3.63, 3.8) is 0 Å². The lowest BCUT2D eigenvalue weighted by molar-refractivity contribution is -0.159. The number of hydrogen-bond acceptors (Lipinski definition) is 8. The van der Waals surface area contributed by atoms with Crippen LogP contribution in [0.2, 0.25) is 0 Å². The van der Waals surface area contributed by atoms with Gasteiger partial charge in [-0.25, -0.2) is 9.59 Å². The third-order valence-electron chi connectivity index (χ3n) is 7.20. The van der Waals surface area contributed by atoms with Gasteiger partial charge in [0.05, 0.1) is 29.6 Å². The normalized spacial score (nSPS) is 44.5. The first-order valence-electron chi connectivity index (χ1n) is 11.2. The summed E-state index contributed by atoms with van der Waals surface area (Å²) in [5.41, 5.74) is -0.558. The van der Waals surface area contributed by atoms with E-state index in [1.807, 2.05) is 20.8 Å². The van der Waals surface area contributed by atoms with Crippen LogP contribution in [0.5, 0.6) is 0 Å². The lowest BCUT2D eigenvalue weighted by atomic mass is 9.82. The van der Waals surface area contributed by atoms with Crippen LogP contribution in [0.25, 0.3) is 0 Å². The molecule has 8 heteroatoms. The quantitative estimate of drug-likeness (QED) is 0.213. The van der Waals surface area contributed by atoms with Gasteiger partial charge in [0, 0.05) is 18.4 Å². The van der Waals surface area contributed by atoms with Gasteiger partial charge < -0.3 is 23.7 Å². The molecule has 0 unspecified atom stereocenters. The first-order chi connectivity index (χ1) is 14.9. The van der Waals surface area contributed by atoms with E-state index in [2.05, 4.69) is 6.58 Å². The second-order valence-electron chi connectivity index (χ2n) is 10.1. The number of esters is 3. The Morgan fingerprint density at radius 1 is 1.22 bits per heavy atom. The molecule has 0 radical (unpaired) electrons. The van der Waals surface area contributed by atoms with E-state index in [9.17, 15) is 14.4 Å². The fourth-order valence-electron chi connectivity index (χ4n) is 4.56. The smallest absolute Gasteiger partial charge is 0.341 e. The molecular formula is C24H32O8. The molecule has 32 heavy (non-hydrogen) atoms. The van der Waals surface area contributed by atoms with Gasteiger partial charge >= 0.3 is 17.9 Å². The maximum absolute atomic E-state index is 12.8. The molecule has 0 aromatic rings. The molecule has 0 spiro atoms.